The number of rotatable bonds is 2. The lowest BCUT2D eigenvalue weighted by Crippen LogP contribution is -2.21. The normalized spacial score (nSPS) is 9.87. The zero-order valence-corrected chi connectivity index (χ0v) is 7.69. The molecule has 15 heavy (non-hydrogen) atoms. The number of aromatic amines is 2. The smallest absolute Gasteiger partial charge is 0.328 e. The highest BCUT2D eigenvalue weighted by Crippen LogP contribution is 2.15. The Balaban J connectivity index is 2.33. The molecule has 0 fully saturated rings. The fraction of sp³-hybridized carbons (Fsp3) is 0. The van der Waals surface area contributed by atoms with Gasteiger partial charge in [0.25, 0.3) is 5.56 Å². The highest BCUT2D eigenvalue weighted by Gasteiger charge is 1.98. The second kappa shape index (κ2) is 3.83. The van der Waals surface area contributed by atoms with Gasteiger partial charge in [-0.1, -0.05) is 18.2 Å². The maximum atomic E-state index is 10.9. The van der Waals surface area contributed by atoms with E-state index in [1.807, 2.05) is 11.1 Å². The Bertz CT molecular complexity index is 528. The number of para-hydroxylation sites is 1. The summed E-state index contributed by atoms with van der Waals surface area (Å²) in [6.07, 6.45) is 0. The van der Waals surface area contributed by atoms with Gasteiger partial charge in [0, 0.05) is 0 Å². The largest absolute Gasteiger partial charge is 0.441 e. The van der Waals surface area contributed by atoms with Crippen LogP contribution < -0.4 is 16.0 Å². The summed E-state index contributed by atoms with van der Waals surface area (Å²) in [7, 11) is 0. The van der Waals surface area contributed by atoms with Crippen molar-refractivity contribution in [3.8, 4) is 11.6 Å². The Labute approximate surface area is 84.4 Å². The van der Waals surface area contributed by atoms with Crippen molar-refractivity contribution in [1.29, 1.82) is 0 Å². The van der Waals surface area contributed by atoms with Crippen LogP contribution >= 0.6 is 0 Å². The average Bonchev–Trinajstić information content (AvgIpc) is 2.17. The van der Waals surface area contributed by atoms with Crippen molar-refractivity contribution in [3.05, 3.63) is 57.2 Å². The molecule has 0 radical (unpaired) electrons. The van der Waals surface area contributed by atoms with Crippen LogP contribution in [-0.4, -0.2) is 9.97 Å². The van der Waals surface area contributed by atoms with Gasteiger partial charge in [-0.2, -0.15) is 0 Å². The number of aromatic nitrogens is 2. The average molecular weight is 204 g/mol. The summed E-state index contributed by atoms with van der Waals surface area (Å²) >= 11 is 0. The summed E-state index contributed by atoms with van der Waals surface area (Å²) in [5.41, 5.74) is -1.09. The first kappa shape index (κ1) is 9.26. The molecule has 0 unspecified atom stereocenters. The number of hydrogen-bond acceptors (Lipinski definition) is 3. The SMILES string of the molecule is O=c1cc(Oc2ccccc2)[nH]c(=O)[nH]1. The monoisotopic (exact) mass is 204 g/mol. The summed E-state index contributed by atoms with van der Waals surface area (Å²) in [4.78, 5) is 26.3. The van der Waals surface area contributed by atoms with Gasteiger partial charge in [-0.15, -0.1) is 0 Å². The van der Waals surface area contributed by atoms with Crippen molar-refractivity contribution < 1.29 is 4.74 Å². The zero-order chi connectivity index (χ0) is 10.7. The van der Waals surface area contributed by atoms with E-state index in [1.54, 1.807) is 24.3 Å². The lowest BCUT2D eigenvalue weighted by Gasteiger charge is -2.02. The molecule has 0 spiro atoms. The van der Waals surface area contributed by atoms with Crippen LogP contribution in [0.5, 0.6) is 11.6 Å². The maximum absolute atomic E-state index is 10.9. The van der Waals surface area contributed by atoms with Crippen LogP contribution in [0.25, 0.3) is 0 Å². The predicted octanol–water partition coefficient (Wildman–Crippen LogP) is 0.855. The highest BCUT2D eigenvalue weighted by atomic mass is 16.5. The molecule has 76 valence electrons. The van der Waals surface area contributed by atoms with E-state index in [9.17, 15) is 9.59 Å². The quantitative estimate of drug-likeness (QED) is 0.761. The third-order valence-electron chi connectivity index (χ3n) is 1.71. The second-order valence-corrected chi connectivity index (χ2v) is 2.87. The molecule has 0 aliphatic carbocycles. The Morgan fingerprint density at radius 2 is 1.73 bits per heavy atom. The van der Waals surface area contributed by atoms with E-state index in [0.717, 1.165) is 0 Å². The molecular formula is C10H8N2O3. The van der Waals surface area contributed by atoms with Crippen LogP contribution in [0.2, 0.25) is 0 Å². The van der Waals surface area contributed by atoms with Crippen molar-refractivity contribution >= 4 is 0 Å². The second-order valence-electron chi connectivity index (χ2n) is 2.87. The Morgan fingerprint density at radius 1 is 1.00 bits per heavy atom. The van der Waals surface area contributed by atoms with Crippen molar-refractivity contribution in [2.75, 3.05) is 0 Å². The molecule has 2 rings (SSSR count). The number of H-pyrrole nitrogens is 2. The van der Waals surface area contributed by atoms with Crippen LogP contribution in [0.1, 0.15) is 0 Å². The van der Waals surface area contributed by atoms with Gasteiger partial charge in [-0.25, -0.2) is 4.79 Å². The molecule has 0 bridgehead atoms. The lowest BCUT2D eigenvalue weighted by atomic mass is 10.3. The van der Waals surface area contributed by atoms with Gasteiger partial charge in [0.2, 0.25) is 5.88 Å². The van der Waals surface area contributed by atoms with Crippen LogP contribution in [0.4, 0.5) is 0 Å². The van der Waals surface area contributed by atoms with Crippen molar-refractivity contribution in [2.24, 2.45) is 0 Å². The summed E-state index contributed by atoms with van der Waals surface area (Å²) in [6, 6.07) is 10.0. The molecule has 1 aromatic heterocycles. The van der Waals surface area contributed by atoms with E-state index in [1.165, 1.54) is 6.07 Å². The number of benzene rings is 1. The van der Waals surface area contributed by atoms with E-state index < -0.39 is 11.2 Å². The molecule has 2 aromatic rings. The standard InChI is InChI=1S/C10H8N2O3/c13-8-6-9(12-10(14)11-8)15-7-4-2-1-3-5-7/h1-6H,(H2,11,12,13,14). The van der Waals surface area contributed by atoms with Crippen LogP contribution in [0.3, 0.4) is 0 Å². The minimum atomic E-state index is -0.589. The molecule has 0 aliphatic rings. The molecule has 2 N–H and O–H groups in total. The zero-order valence-electron chi connectivity index (χ0n) is 7.69. The van der Waals surface area contributed by atoms with Gasteiger partial charge in [0.15, 0.2) is 0 Å². The van der Waals surface area contributed by atoms with Gasteiger partial charge < -0.3 is 4.74 Å². The van der Waals surface area contributed by atoms with Gasteiger partial charge in [-0.3, -0.25) is 14.8 Å². The van der Waals surface area contributed by atoms with Gasteiger partial charge >= 0.3 is 5.69 Å². The molecular weight excluding hydrogens is 196 g/mol. The summed E-state index contributed by atoms with van der Waals surface area (Å²) in [6.45, 7) is 0. The van der Waals surface area contributed by atoms with Gasteiger partial charge in [0.05, 0.1) is 6.07 Å². The Morgan fingerprint density at radius 3 is 2.40 bits per heavy atom. The minimum Gasteiger partial charge on any atom is -0.441 e. The van der Waals surface area contributed by atoms with Crippen molar-refractivity contribution in [2.45, 2.75) is 0 Å². The van der Waals surface area contributed by atoms with Crippen molar-refractivity contribution in [3.63, 3.8) is 0 Å². The summed E-state index contributed by atoms with van der Waals surface area (Å²) in [5.74, 6) is 0.675. The summed E-state index contributed by atoms with van der Waals surface area (Å²) in [5, 5.41) is 0. The van der Waals surface area contributed by atoms with E-state index in [0.29, 0.717) is 5.75 Å². The molecule has 0 aliphatic heterocycles. The molecule has 1 aromatic carbocycles. The predicted molar refractivity (Wildman–Crippen MR) is 54.2 cm³/mol. The summed E-state index contributed by atoms with van der Waals surface area (Å²) < 4.78 is 5.26. The first-order valence-electron chi connectivity index (χ1n) is 4.30. The minimum absolute atomic E-state index is 0.120. The number of hydrogen-bond donors (Lipinski definition) is 2. The molecule has 5 heteroatoms. The topological polar surface area (TPSA) is 75.0 Å². The fourth-order valence-corrected chi connectivity index (χ4v) is 1.12. The first-order valence-corrected chi connectivity index (χ1v) is 4.30. The molecule has 5 nitrogen and oxygen atoms in total. The Kier molecular flexibility index (Phi) is 2.37. The van der Waals surface area contributed by atoms with Gasteiger partial charge in [-0.05, 0) is 12.1 Å². The molecule has 0 saturated heterocycles. The van der Waals surface area contributed by atoms with Gasteiger partial charge in [0.1, 0.15) is 5.75 Å². The fourth-order valence-electron chi connectivity index (χ4n) is 1.12. The van der Waals surface area contributed by atoms with Crippen LogP contribution in [-0.2, 0) is 0 Å². The van der Waals surface area contributed by atoms with Crippen LogP contribution in [0, 0.1) is 0 Å². The maximum Gasteiger partial charge on any atom is 0.328 e. The molecule has 0 amide bonds. The first-order chi connectivity index (χ1) is 7.24. The van der Waals surface area contributed by atoms with Crippen LogP contribution in [0.15, 0.2) is 46.0 Å². The third kappa shape index (κ3) is 2.34. The molecule has 0 saturated carbocycles. The third-order valence-corrected chi connectivity index (χ3v) is 1.71. The van der Waals surface area contributed by atoms with Crippen molar-refractivity contribution in [1.82, 2.24) is 9.97 Å². The molecule has 1 heterocycles. The molecule has 0 atom stereocenters. The Hall–Kier alpha value is -2.30. The van der Waals surface area contributed by atoms with E-state index in [-0.39, 0.29) is 5.88 Å². The van der Waals surface area contributed by atoms with E-state index in [2.05, 4.69) is 4.98 Å². The lowest BCUT2D eigenvalue weighted by molar-refractivity contribution is 0.458. The van der Waals surface area contributed by atoms with E-state index >= 15 is 0 Å². The number of nitrogens with one attached hydrogen (secondary N) is 2. The van der Waals surface area contributed by atoms with E-state index in [4.69, 9.17) is 4.74 Å². The highest BCUT2D eigenvalue weighted by molar-refractivity contribution is 5.25. The number of ether oxygens (including phenoxy) is 1.